The fourth-order valence-corrected chi connectivity index (χ4v) is 6.29. The van der Waals surface area contributed by atoms with Gasteiger partial charge in [0.05, 0.1) is 11.6 Å². The normalized spacial score (nSPS) is 16.9. The number of aliphatic hydroxyl groups excluding tert-OH is 1. The zero-order valence-corrected chi connectivity index (χ0v) is 23.2. The molecule has 0 saturated carbocycles. The molecule has 1 atom stereocenters. The average molecular weight is 593 g/mol. The second-order valence-corrected chi connectivity index (χ2v) is 11.8. The summed E-state index contributed by atoms with van der Waals surface area (Å²) in [6.07, 6.45) is 0. The van der Waals surface area contributed by atoms with Gasteiger partial charge in [-0.15, -0.1) is 10.2 Å². The first-order valence-electron chi connectivity index (χ1n) is 11.5. The maximum Gasteiger partial charge on any atom is 0.301 e. The van der Waals surface area contributed by atoms with Crippen LogP contribution in [-0.4, -0.2) is 27.0 Å². The SMILES string of the molecule is Cc1ccc(C)c(C(O)=C2C(=O)C(=O)N(c3nnc(SCc4ccccc4)s3)C2c2ccc(Br)cc2)c1. The van der Waals surface area contributed by atoms with Crippen molar-refractivity contribution in [3.63, 3.8) is 0 Å². The second-order valence-electron chi connectivity index (χ2n) is 8.66. The number of halogens is 1. The Morgan fingerprint density at radius 2 is 1.76 bits per heavy atom. The van der Waals surface area contributed by atoms with E-state index in [1.807, 2.05) is 86.6 Å². The van der Waals surface area contributed by atoms with E-state index in [0.717, 1.165) is 21.2 Å². The van der Waals surface area contributed by atoms with E-state index in [2.05, 4.69) is 26.1 Å². The number of rotatable bonds is 6. The highest BCUT2D eigenvalue weighted by Gasteiger charge is 2.48. The van der Waals surface area contributed by atoms with Crippen LogP contribution in [0.1, 0.15) is 33.9 Å². The molecule has 6 nitrogen and oxygen atoms in total. The van der Waals surface area contributed by atoms with Crippen LogP contribution >= 0.6 is 39.0 Å². The molecule has 1 aromatic heterocycles. The molecule has 9 heteroatoms. The number of ketones is 1. The summed E-state index contributed by atoms with van der Waals surface area (Å²) in [5.41, 5.74) is 4.13. The van der Waals surface area contributed by atoms with E-state index < -0.39 is 17.7 Å². The minimum Gasteiger partial charge on any atom is -0.507 e. The van der Waals surface area contributed by atoms with Crippen LogP contribution < -0.4 is 4.90 Å². The summed E-state index contributed by atoms with van der Waals surface area (Å²) in [5, 5.41) is 20.3. The van der Waals surface area contributed by atoms with Crippen molar-refractivity contribution in [2.75, 3.05) is 4.90 Å². The molecule has 1 aliphatic rings. The van der Waals surface area contributed by atoms with Crippen LogP contribution in [0.5, 0.6) is 0 Å². The first-order valence-corrected chi connectivity index (χ1v) is 14.1. The third kappa shape index (κ3) is 5.12. The summed E-state index contributed by atoms with van der Waals surface area (Å²) in [4.78, 5) is 28.2. The van der Waals surface area contributed by atoms with Crippen molar-refractivity contribution in [2.45, 2.75) is 30.0 Å². The molecular formula is C28H22BrN3O3S2. The van der Waals surface area contributed by atoms with Crippen LogP contribution in [0.15, 0.2) is 87.2 Å². The summed E-state index contributed by atoms with van der Waals surface area (Å²) in [6, 6.07) is 22.1. The lowest BCUT2D eigenvalue weighted by Crippen LogP contribution is -2.29. The number of carbonyl (C=O) groups is 2. The number of Topliss-reactive ketones (excluding diaryl/α,β-unsaturated/α-hetero) is 1. The molecule has 1 amide bonds. The minimum atomic E-state index is -0.840. The number of aliphatic hydroxyl groups is 1. The summed E-state index contributed by atoms with van der Waals surface area (Å²) >= 11 is 6.21. The van der Waals surface area contributed by atoms with Gasteiger partial charge in [-0.25, -0.2) is 0 Å². The van der Waals surface area contributed by atoms with Gasteiger partial charge in [0.25, 0.3) is 5.78 Å². The number of amides is 1. The van der Waals surface area contributed by atoms with Gasteiger partial charge < -0.3 is 5.11 Å². The standard InChI is InChI=1S/C28H22BrN3O3S2/c1-16-8-9-17(2)21(14-16)24(33)22-23(19-10-12-20(29)13-11-19)32(26(35)25(22)34)27-30-31-28(37-27)36-15-18-6-4-3-5-7-18/h3-14,23,33H,15H2,1-2H3. The molecule has 3 aromatic carbocycles. The molecule has 1 N–H and O–H groups in total. The van der Waals surface area contributed by atoms with Crippen LogP contribution in [0.4, 0.5) is 5.13 Å². The van der Waals surface area contributed by atoms with Crippen molar-refractivity contribution >= 4 is 61.6 Å². The lowest BCUT2D eigenvalue weighted by atomic mass is 9.93. The van der Waals surface area contributed by atoms with Gasteiger partial charge in [0, 0.05) is 15.8 Å². The monoisotopic (exact) mass is 591 g/mol. The molecule has 1 fully saturated rings. The zero-order chi connectivity index (χ0) is 26.1. The van der Waals surface area contributed by atoms with E-state index in [4.69, 9.17) is 0 Å². The number of aryl methyl sites for hydroxylation is 2. The number of nitrogens with zero attached hydrogens (tertiary/aromatic N) is 3. The molecule has 4 aromatic rings. The highest BCUT2D eigenvalue weighted by molar-refractivity contribution is 9.10. The number of aromatic nitrogens is 2. The lowest BCUT2D eigenvalue weighted by molar-refractivity contribution is -0.132. The second kappa shape index (κ2) is 10.6. The number of carbonyl (C=O) groups excluding carboxylic acids is 2. The van der Waals surface area contributed by atoms with Gasteiger partial charge in [-0.1, -0.05) is 99.2 Å². The van der Waals surface area contributed by atoms with Crippen molar-refractivity contribution in [3.8, 4) is 0 Å². The third-order valence-electron chi connectivity index (χ3n) is 6.09. The molecule has 0 spiro atoms. The summed E-state index contributed by atoms with van der Waals surface area (Å²) in [6.45, 7) is 3.77. The number of hydrogen-bond acceptors (Lipinski definition) is 7. The van der Waals surface area contributed by atoms with E-state index in [0.29, 0.717) is 26.4 Å². The molecular weight excluding hydrogens is 570 g/mol. The Morgan fingerprint density at radius 3 is 2.49 bits per heavy atom. The Balaban J connectivity index is 1.58. The molecule has 5 rings (SSSR count). The van der Waals surface area contributed by atoms with Crippen LogP contribution in [0.25, 0.3) is 5.76 Å². The van der Waals surface area contributed by atoms with Gasteiger partial charge in [-0.05, 0) is 48.7 Å². The largest absolute Gasteiger partial charge is 0.507 e. The number of benzene rings is 3. The van der Waals surface area contributed by atoms with Crippen LogP contribution in [-0.2, 0) is 15.3 Å². The highest BCUT2D eigenvalue weighted by Crippen LogP contribution is 2.44. The Hall–Kier alpha value is -3.27. The Labute approximate surface area is 231 Å². The van der Waals surface area contributed by atoms with Crippen molar-refractivity contribution < 1.29 is 14.7 Å². The molecule has 186 valence electrons. The molecule has 0 aliphatic carbocycles. The van der Waals surface area contributed by atoms with E-state index in [1.54, 1.807) is 0 Å². The lowest BCUT2D eigenvalue weighted by Gasteiger charge is -2.22. The molecule has 1 aliphatic heterocycles. The fourth-order valence-electron chi connectivity index (χ4n) is 4.20. The molecule has 0 radical (unpaired) electrons. The maximum absolute atomic E-state index is 13.4. The van der Waals surface area contributed by atoms with Gasteiger partial charge in [0.15, 0.2) is 4.34 Å². The summed E-state index contributed by atoms with van der Waals surface area (Å²) in [5.74, 6) is -0.981. The molecule has 0 bridgehead atoms. The van der Waals surface area contributed by atoms with Crippen molar-refractivity contribution in [2.24, 2.45) is 0 Å². The topological polar surface area (TPSA) is 83.4 Å². The van der Waals surface area contributed by atoms with Crippen LogP contribution in [0, 0.1) is 13.8 Å². The number of hydrogen-bond donors (Lipinski definition) is 1. The average Bonchev–Trinajstić information content (AvgIpc) is 3.47. The summed E-state index contributed by atoms with van der Waals surface area (Å²) in [7, 11) is 0. The van der Waals surface area contributed by atoms with Crippen molar-refractivity contribution in [1.29, 1.82) is 0 Å². The zero-order valence-electron chi connectivity index (χ0n) is 20.0. The van der Waals surface area contributed by atoms with Gasteiger partial charge in [0.1, 0.15) is 5.76 Å². The summed E-state index contributed by atoms with van der Waals surface area (Å²) < 4.78 is 1.54. The first kappa shape index (κ1) is 25.4. The van der Waals surface area contributed by atoms with Crippen LogP contribution in [0.2, 0.25) is 0 Å². The van der Waals surface area contributed by atoms with Gasteiger partial charge in [-0.2, -0.15) is 0 Å². The van der Waals surface area contributed by atoms with Gasteiger partial charge in [0.2, 0.25) is 5.13 Å². The first-order chi connectivity index (χ1) is 17.8. The van der Waals surface area contributed by atoms with Crippen LogP contribution in [0.3, 0.4) is 0 Å². The van der Waals surface area contributed by atoms with Gasteiger partial charge >= 0.3 is 5.91 Å². The van der Waals surface area contributed by atoms with Gasteiger partial charge in [-0.3, -0.25) is 14.5 Å². The number of thioether (sulfide) groups is 1. The van der Waals surface area contributed by atoms with E-state index in [1.165, 1.54) is 28.0 Å². The smallest absolute Gasteiger partial charge is 0.301 e. The third-order valence-corrected chi connectivity index (χ3v) is 8.74. The predicted octanol–water partition coefficient (Wildman–Crippen LogP) is 6.84. The van der Waals surface area contributed by atoms with E-state index in [-0.39, 0.29) is 11.3 Å². The Kier molecular flexibility index (Phi) is 7.28. The Morgan fingerprint density at radius 1 is 1.03 bits per heavy atom. The minimum absolute atomic E-state index is 0.0368. The molecule has 2 heterocycles. The van der Waals surface area contributed by atoms with Crippen molar-refractivity contribution in [3.05, 3.63) is 111 Å². The van der Waals surface area contributed by atoms with E-state index >= 15 is 0 Å². The quantitative estimate of drug-likeness (QED) is 0.0869. The number of anilines is 1. The molecule has 1 saturated heterocycles. The van der Waals surface area contributed by atoms with E-state index in [9.17, 15) is 14.7 Å². The van der Waals surface area contributed by atoms with Crippen molar-refractivity contribution in [1.82, 2.24) is 10.2 Å². The predicted molar refractivity (Wildman–Crippen MR) is 151 cm³/mol. The Bertz CT molecular complexity index is 1520. The maximum atomic E-state index is 13.4. The molecule has 37 heavy (non-hydrogen) atoms. The molecule has 1 unspecified atom stereocenters. The highest BCUT2D eigenvalue weighted by atomic mass is 79.9. The fraction of sp³-hybridized carbons (Fsp3) is 0.143.